The molecule has 0 radical (unpaired) electrons. The Bertz CT molecular complexity index is 352. The second-order valence-electron chi connectivity index (χ2n) is 3.25. The average Bonchev–Trinajstić information content (AvgIpc) is 2.15. The summed E-state index contributed by atoms with van der Waals surface area (Å²) < 4.78 is 37.1. The fourth-order valence-electron chi connectivity index (χ4n) is 1.22. The van der Waals surface area contributed by atoms with Crippen molar-refractivity contribution in [2.24, 2.45) is 5.73 Å². The SMILES string of the molecule is CC[C@H](N)c1cc(C(F)(F)F)ccc1Cl.Cl. The summed E-state index contributed by atoms with van der Waals surface area (Å²) in [5, 5.41) is 0.275. The van der Waals surface area contributed by atoms with E-state index in [0.29, 0.717) is 12.0 Å². The van der Waals surface area contributed by atoms with Crippen LogP contribution in [0.15, 0.2) is 18.2 Å². The van der Waals surface area contributed by atoms with Crippen molar-refractivity contribution in [3.63, 3.8) is 0 Å². The molecule has 0 saturated heterocycles. The molecule has 1 nitrogen and oxygen atoms in total. The van der Waals surface area contributed by atoms with Crippen LogP contribution in [-0.2, 0) is 6.18 Å². The van der Waals surface area contributed by atoms with Crippen molar-refractivity contribution in [3.05, 3.63) is 34.3 Å². The highest BCUT2D eigenvalue weighted by molar-refractivity contribution is 6.31. The Morgan fingerprint density at radius 1 is 1.38 bits per heavy atom. The first kappa shape index (κ1) is 15.5. The van der Waals surface area contributed by atoms with E-state index in [9.17, 15) is 13.2 Å². The molecule has 1 atom stereocenters. The minimum absolute atomic E-state index is 0. The van der Waals surface area contributed by atoms with Crippen molar-refractivity contribution < 1.29 is 13.2 Å². The lowest BCUT2D eigenvalue weighted by Gasteiger charge is -2.14. The quantitative estimate of drug-likeness (QED) is 0.859. The molecule has 0 aliphatic heterocycles. The maximum atomic E-state index is 12.4. The molecule has 0 unspecified atom stereocenters. The van der Waals surface area contributed by atoms with Crippen molar-refractivity contribution in [1.29, 1.82) is 0 Å². The summed E-state index contributed by atoms with van der Waals surface area (Å²) in [7, 11) is 0. The molecule has 1 rings (SSSR count). The van der Waals surface area contributed by atoms with E-state index >= 15 is 0 Å². The summed E-state index contributed by atoms with van der Waals surface area (Å²) >= 11 is 5.77. The summed E-state index contributed by atoms with van der Waals surface area (Å²) in [6, 6.07) is 2.74. The Balaban J connectivity index is 0.00000225. The van der Waals surface area contributed by atoms with Gasteiger partial charge >= 0.3 is 6.18 Å². The zero-order valence-corrected chi connectivity index (χ0v) is 10.1. The summed E-state index contributed by atoms with van der Waals surface area (Å²) in [6.07, 6.45) is -3.81. The van der Waals surface area contributed by atoms with Crippen LogP contribution < -0.4 is 5.73 Å². The molecule has 0 bridgehead atoms. The zero-order valence-electron chi connectivity index (χ0n) is 8.51. The largest absolute Gasteiger partial charge is 0.416 e. The van der Waals surface area contributed by atoms with Gasteiger partial charge in [0.25, 0.3) is 0 Å². The van der Waals surface area contributed by atoms with E-state index in [2.05, 4.69) is 0 Å². The van der Waals surface area contributed by atoms with Crippen LogP contribution in [0, 0.1) is 0 Å². The van der Waals surface area contributed by atoms with Gasteiger partial charge in [-0.3, -0.25) is 0 Å². The Labute approximate surface area is 103 Å². The van der Waals surface area contributed by atoms with E-state index in [4.69, 9.17) is 17.3 Å². The van der Waals surface area contributed by atoms with Crippen molar-refractivity contribution in [2.75, 3.05) is 0 Å². The summed E-state index contributed by atoms with van der Waals surface area (Å²) in [6.45, 7) is 1.79. The van der Waals surface area contributed by atoms with Crippen LogP contribution in [0.25, 0.3) is 0 Å². The van der Waals surface area contributed by atoms with Crippen LogP contribution in [0.5, 0.6) is 0 Å². The van der Waals surface area contributed by atoms with Crippen LogP contribution in [-0.4, -0.2) is 0 Å². The average molecular weight is 274 g/mol. The van der Waals surface area contributed by atoms with E-state index in [0.717, 1.165) is 12.1 Å². The topological polar surface area (TPSA) is 26.0 Å². The van der Waals surface area contributed by atoms with Crippen molar-refractivity contribution >= 4 is 24.0 Å². The minimum atomic E-state index is -4.35. The van der Waals surface area contributed by atoms with Crippen LogP contribution in [0.4, 0.5) is 13.2 Å². The van der Waals surface area contributed by atoms with Gasteiger partial charge in [-0.2, -0.15) is 13.2 Å². The normalized spacial score (nSPS) is 13.1. The molecule has 6 heteroatoms. The maximum Gasteiger partial charge on any atom is 0.416 e. The Morgan fingerprint density at radius 3 is 2.38 bits per heavy atom. The molecule has 0 saturated carbocycles. The predicted octanol–water partition coefficient (Wildman–Crippen LogP) is 4.19. The standard InChI is InChI=1S/C10H11ClF3N.ClH/c1-2-9(15)7-5-6(10(12,13)14)3-4-8(7)11;/h3-5,9H,2,15H2,1H3;1H/t9-;/m0./s1. The van der Waals surface area contributed by atoms with Gasteiger partial charge in [-0.15, -0.1) is 12.4 Å². The van der Waals surface area contributed by atoms with Gasteiger partial charge in [0, 0.05) is 11.1 Å². The number of rotatable bonds is 2. The molecule has 92 valence electrons. The van der Waals surface area contributed by atoms with E-state index < -0.39 is 17.8 Å². The van der Waals surface area contributed by atoms with Gasteiger partial charge in [0.05, 0.1) is 5.56 Å². The number of hydrogen-bond acceptors (Lipinski definition) is 1. The highest BCUT2D eigenvalue weighted by Gasteiger charge is 2.31. The molecule has 1 aromatic rings. The van der Waals surface area contributed by atoms with E-state index in [1.165, 1.54) is 6.07 Å². The third-order valence-corrected chi connectivity index (χ3v) is 2.51. The zero-order chi connectivity index (χ0) is 11.6. The third kappa shape index (κ3) is 3.54. The van der Waals surface area contributed by atoms with Gasteiger partial charge in [-0.05, 0) is 30.2 Å². The molecule has 0 amide bonds. The fraction of sp³-hybridized carbons (Fsp3) is 0.400. The first-order valence-corrected chi connectivity index (χ1v) is 4.86. The highest BCUT2D eigenvalue weighted by atomic mass is 35.5. The van der Waals surface area contributed by atoms with Crippen molar-refractivity contribution in [3.8, 4) is 0 Å². The fourth-order valence-corrected chi connectivity index (χ4v) is 1.48. The molecular weight excluding hydrogens is 262 g/mol. The number of alkyl halides is 3. The number of halogens is 5. The maximum absolute atomic E-state index is 12.4. The Hall–Kier alpha value is -0.450. The summed E-state index contributed by atoms with van der Waals surface area (Å²) in [5.74, 6) is 0. The molecule has 16 heavy (non-hydrogen) atoms. The van der Waals surface area contributed by atoms with Gasteiger partial charge in [-0.25, -0.2) is 0 Å². The number of nitrogens with two attached hydrogens (primary N) is 1. The minimum Gasteiger partial charge on any atom is -0.324 e. The monoisotopic (exact) mass is 273 g/mol. The van der Waals surface area contributed by atoms with Crippen LogP contribution >= 0.6 is 24.0 Å². The number of hydrogen-bond donors (Lipinski definition) is 1. The highest BCUT2D eigenvalue weighted by Crippen LogP contribution is 2.33. The molecule has 0 aromatic heterocycles. The van der Waals surface area contributed by atoms with Gasteiger partial charge in [0.15, 0.2) is 0 Å². The van der Waals surface area contributed by atoms with Gasteiger partial charge in [0.1, 0.15) is 0 Å². The first-order chi connectivity index (χ1) is 6.86. The molecule has 0 aliphatic carbocycles. The Morgan fingerprint density at radius 2 is 1.94 bits per heavy atom. The number of benzene rings is 1. The Kier molecular flexibility index (Phi) is 5.59. The van der Waals surface area contributed by atoms with E-state index in [1.54, 1.807) is 6.92 Å². The summed E-state index contributed by atoms with van der Waals surface area (Å²) in [5.41, 5.74) is 5.28. The van der Waals surface area contributed by atoms with Gasteiger partial charge < -0.3 is 5.73 Å². The van der Waals surface area contributed by atoms with Crippen molar-refractivity contribution in [1.82, 2.24) is 0 Å². The van der Waals surface area contributed by atoms with E-state index in [-0.39, 0.29) is 17.4 Å². The second-order valence-corrected chi connectivity index (χ2v) is 3.66. The van der Waals surface area contributed by atoms with E-state index in [1.807, 2.05) is 0 Å². The predicted molar refractivity (Wildman–Crippen MR) is 60.9 cm³/mol. The molecular formula is C10H12Cl2F3N. The molecule has 0 aliphatic rings. The second kappa shape index (κ2) is 5.75. The summed E-state index contributed by atoms with van der Waals surface area (Å²) in [4.78, 5) is 0. The van der Waals surface area contributed by atoms with Crippen LogP contribution in [0.1, 0.15) is 30.5 Å². The first-order valence-electron chi connectivity index (χ1n) is 4.48. The molecule has 0 fully saturated rings. The lowest BCUT2D eigenvalue weighted by molar-refractivity contribution is -0.137. The molecule has 2 N–H and O–H groups in total. The van der Waals surface area contributed by atoms with Crippen molar-refractivity contribution in [2.45, 2.75) is 25.6 Å². The third-order valence-electron chi connectivity index (χ3n) is 2.16. The van der Waals surface area contributed by atoms with Crippen LogP contribution in [0.3, 0.4) is 0 Å². The van der Waals surface area contributed by atoms with Gasteiger partial charge in [-0.1, -0.05) is 18.5 Å². The molecule has 0 spiro atoms. The lowest BCUT2D eigenvalue weighted by atomic mass is 10.0. The van der Waals surface area contributed by atoms with Crippen LogP contribution in [0.2, 0.25) is 5.02 Å². The molecule has 1 aromatic carbocycles. The molecule has 0 heterocycles. The lowest BCUT2D eigenvalue weighted by Crippen LogP contribution is -2.12. The van der Waals surface area contributed by atoms with Gasteiger partial charge in [0.2, 0.25) is 0 Å². The smallest absolute Gasteiger partial charge is 0.324 e.